The van der Waals surface area contributed by atoms with Crippen molar-refractivity contribution < 1.29 is 4.79 Å². The molecule has 2 aromatic rings. The summed E-state index contributed by atoms with van der Waals surface area (Å²) in [6, 6.07) is 5.57. The minimum Gasteiger partial charge on any atom is -0.350 e. The number of nitrogens with zero attached hydrogens (tertiary/aromatic N) is 2. The van der Waals surface area contributed by atoms with E-state index < -0.39 is 0 Å². The number of anilines is 1. The molecule has 1 aromatic carbocycles. The van der Waals surface area contributed by atoms with E-state index in [9.17, 15) is 4.79 Å². The van der Waals surface area contributed by atoms with Gasteiger partial charge < -0.3 is 10.2 Å². The maximum atomic E-state index is 12.3. The number of amides is 1. The fourth-order valence-electron chi connectivity index (χ4n) is 2.63. The summed E-state index contributed by atoms with van der Waals surface area (Å²) >= 11 is 11.1. The third-order valence-corrected chi connectivity index (χ3v) is 5.34. The van der Waals surface area contributed by atoms with Crippen LogP contribution in [0.2, 0.25) is 5.02 Å². The van der Waals surface area contributed by atoms with Crippen LogP contribution in [0.15, 0.2) is 34.2 Å². The molecule has 1 fully saturated rings. The van der Waals surface area contributed by atoms with Gasteiger partial charge in [0.25, 0.3) is 5.91 Å². The zero-order valence-electron chi connectivity index (χ0n) is 11.8. The van der Waals surface area contributed by atoms with Crippen molar-refractivity contribution in [2.24, 2.45) is 0 Å². The molecule has 1 amide bonds. The average Bonchev–Trinajstić information content (AvgIpc) is 3.17. The largest absolute Gasteiger partial charge is 0.350 e. The molecular formula is C15H15BrClN3OS. The molecule has 4 nitrogen and oxygen atoms in total. The zero-order valence-corrected chi connectivity index (χ0v) is 14.9. The van der Waals surface area contributed by atoms with Gasteiger partial charge >= 0.3 is 0 Å². The molecule has 1 N–H and O–H groups in total. The van der Waals surface area contributed by atoms with E-state index in [0.29, 0.717) is 23.2 Å². The van der Waals surface area contributed by atoms with Gasteiger partial charge in [-0.3, -0.25) is 4.79 Å². The van der Waals surface area contributed by atoms with Crippen LogP contribution in [0.5, 0.6) is 0 Å². The lowest BCUT2D eigenvalue weighted by molar-refractivity contribution is 0.0951. The van der Waals surface area contributed by atoms with E-state index in [1.165, 1.54) is 0 Å². The topological polar surface area (TPSA) is 45.2 Å². The number of carbonyl (C=O) groups is 1. The van der Waals surface area contributed by atoms with Crippen LogP contribution in [0.1, 0.15) is 23.2 Å². The summed E-state index contributed by atoms with van der Waals surface area (Å²) in [6.07, 6.45) is 4.00. The number of aromatic nitrogens is 1. The zero-order chi connectivity index (χ0) is 15.5. The Morgan fingerprint density at radius 1 is 1.55 bits per heavy atom. The van der Waals surface area contributed by atoms with Gasteiger partial charge in [0.05, 0.1) is 10.6 Å². The minimum atomic E-state index is -0.141. The quantitative estimate of drug-likeness (QED) is 0.845. The molecule has 2 heterocycles. The summed E-state index contributed by atoms with van der Waals surface area (Å²) in [7, 11) is 0. The second-order valence-electron chi connectivity index (χ2n) is 5.14. The van der Waals surface area contributed by atoms with Crippen LogP contribution in [-0.2, 0) is 0 Å². The Bertz CT molecular complexity index is 665. The van der Waals surface area contributed by atoms with E-state index in [0.717, 1.165) is 29.0 Å². The number of halogens is 2. The standard InChI is InChI=1S/C15H15BrClN3OS/c16-10-3-4-13(17)12(8-10)14(21)19-9-11-2-1-6-20(11)15-18-5-7-22-15/h3-5,7-8,11H,1-2,6,9H2,(H,19,21)/t11-/m0/s1. The summed E-state index contributed by atoms with van der Waals surface area (Å²) in [5, 5.41) is 6.46. The van der Waals surface area contributed by atoms with Crippen LogP contribution < -0.4 is 10.2 Å². The van der Waals surface area contributed by atoms with Gasteiger partial charge in [0, 0.05) is 35.2 Å². The van der Waals surface area contributed by atoms with E-state index in [-0.39, 0.29) is 5.91 Å². The first-order valence-corrected chi connectivity index (χ1v) is 9.09. The summed E-state index contributed by atoms with van der Waals surface area (Å²) in [6.45, 7) is 1.59. The first kappa shape index (κ1) is 15.8. The number of rotatable bonds is 4. The molecule has 1 saturated heterocycles. The summed E-state index contributed by atoms with van der Waals surface area (Å²) in [4.78, 5) is 19.0. The molecule has 1 aliphatic heterocycles. The highest BCUT2D eigenvalue weighted by atomic mass is 79.9. The van der Waals surface area contributed by atoms with Crippen molar-refractivity contribution in [3.63, 3.8) is 0 Å². The number of nitrogens with one attached hydrogen (secondary N) is 1. The van der Waals surface area contributed by atoms with E-state index in [1.54, 1.807) is 23.5 Å². The normalized spacial score (nSPS) is 17.7. The number of thiazole rings is 1. The van der Waals surface area contributed by atoms with Gasteiger partial charge in [0.1, 0.15) is 0 Å². The second-order valence-corrected chi connectivity index (χ2v) is 7.33. The monoisotopic (exact) mass is 399 g/mol. The second kappa shape index (κ2) is 6.98. The summed E-state index contributed by atoms with van der Waals surface area (Å²) < 4.78 is 0.840. The van der Waals surface area contributed by atoms with Crippen molar-refractivity contribution in [1.29, 1.82) is 0 Å². The van der Waals surface area contributed by atoms with E-state index >= 15 is 0 Å². The van der Waals surface area contributed by atoms with E-state index in [4.69, 9.17) is 11.6 Å². The molecule has 0 unspecified atom stereocenters. The molecule has 1 atom stereocenters. The molecular weight excluding hydrogens is 386 g/mol. The maximum absolute atomic E-state index is 12.3. The molecule has 0 saturated carbocycles. The Morgan fingerprint density at radius 2 is 2.41 bits per heavy atom. The van der Waals surface area contributed by atoms with Crippen molar-refractivity contribution in [3.8, 4) is 0 Å². The third kappa shape index (κ3) is 3.45. The van der Waals surface area contributed by atoms with Crippen molar-refractivity contribution in [2.75, 3.05) is 18.0 Å². The van der Waals surface area contributed by atoms with Crippen molar-refractivity contribution in [2.45, 2.75) is 18.9 Å². The molecule has 1 aromatic heterocycles. The highest BCUT2D eigenvalue weighted by Gasteiger charge is 2.26. The lowest BCUT2D eigenvalue weighted by atomic mass is 10.2. The molecule has 116 valence electrons. The molecule has 1 aliphatic rings. The number of hydrogen-bond acceptors (Lipinski definition) is 4. The Balaban J connectivity index is 1.64. The third-order valence-electron chi connectivity index (χ3n) is 3.71. The van der Waals surface area contributed by atoms with Crippen molar-refractivity contribution in [1.82, 2.24) is 10.3 Å². The molecule has 3 rings (SSSR count). The van der Waals surface area contributed by atoms with Gasteiger partial charge in [0.15, 0.2) is 5.13 Å². The van der Waals surface area contributed by atoms with Crippen LogP contribution >= 0.6 is 38.9 Å². The average molecular weight is 401 g/mol. The Hall–Kier alpha value is -1.11. The highest BCUT2D eigenvalue weighted by molar-refractivity contribution is 9.10. The van der Waals surface area contributed by atoms with Gasteiger partial charge in [-0.25, -0.2) is 4.98 Å². The van der Waals surface area contributed by atoms with E-state index in [2.05, 4.69) is 31.1 Å². The van der Waals surface area contributed by atoms with Crippen LogP contribution in [0.4, 0.5) is 5.13 Å². The molecule has 0 aliphatic carbocycles. The molecule has 7 heteroatoms. The number of benzene rings is 1. The highest BCUT2D eigenvalue weighted by Crippen LogP contribution is 2.27. The van der Waals surface area contributed by atoms with Crippen molar-refractivity contribution in [3.05, 3.63) is 44.8 Å². The van der Waals surface area contributed by atoms with Crippen LogP contribution in [0, 0.1) is 0 Å². The Kier molecular flexibility index (Phi) is 5.00. The van der Waals surface area contributed by atoms with Crippen LogP contribution in [-0.4, -0.2) is 30.0 Å². The van der Waals surface area contributed by atoms with Gasteiger partial charge in [0.2, 0.25) is 0 Å². The fraction of sp³-hybridized carbons (Fsp3) is 0.333. The molecule has 0 spiro atoms. The predicted molar refractivity (Wildman–Crippen MR) is 94.0 cm³/mol. The van der Waals surface area contributed by atoms with Crippen LogP contribution in [0.25, 0.3) is 0 Å². The summed E-state index contributed by atoms with van der Waals surface area (Å²) in [5.74, 6) is -0.141. The van der Waals surface area contributed by atoms with E-state index in [1.807, 2.05) is 17.6 Å². The number of hydrogen-bond donors (Lipinski definition) is 1. The fourth-order valence-corrected chi connectivity index (χ4v) is 3.94. The predicted octanol–water partition coefficient (Wildman–Crippen LogP) is 3.96. The van der Waals surface area contributed by atoms with Gasteiger partial charge in [-0.15, -0.1) is 11.3 Å². The number of carbonyl (C=O) groups excluding carboxylic acids is 1. The smallest absolute Gasteiger partial charge is 0.252 e. The van der Waals surface area contributed by atoms with Gasteiger partial charge in [-0.2, -0.15) is 0 Å². The van der Waals surface area contributed by atoms with Gasteiger partial charge in [-0.1, -0.05) is 27.5 Å². The molecule has 0 bridgehead atoms. The SMILES string of the molecule is O=C(NC[C@@H]1CCCN1c1nccs1)c1cc(Br)ccc1Cl. The first-order valence-electron chi connectivity index (χ1n) is 7.04. The first-order chi connectivity index (χ1) is 10.6. The van der Waals surface area contributed by atoms with Crippen LogP contribution in [0.3, 0.4) is 0 Å². The lowest BCUT2D eigenvalue weighted by Crippen LogP contribution is -2.40. The molecule has 22 heavy (non-hydrogen) atoms. The molecule has 0 radical (unpaired) electrons. The van der Waals surface area contributed by atoms with Gasteiger partial charge in [-0.05, 0) is 31.0 Å². The Morgan fingerprint density at radius 3 is 3.18 bits per heavy atom. The lowest BCUT2D eigenvalue weighted by Gasteiger charge is -2.24. The van der Waals surface area contributed by atoms with Crippen molar-refractivity contribution >= 4 is 49.9 Å². The Labute approximate surface area is 146 Å². The minimum absolute atomic E-state index is 0.141. The summed E-state index contributed by atoms with van der Waals surface area (Å²) in [5.41, 5.74) is 0.495. The maximum Gasteiger partial charge on any atom is 0.252 e.